The van der Waals surface area contributed by atoms with Crippen LogP contribution >= 0.6 is 0 Å². The van der Waals surface area contributed by atoms with E-state index in [1.54, 1.807) is 0 Å². The summed E-state index contributed by atoms with van der Waals surface area (Å²) >= 11 is 0. The fourth-order valence-electron chi connectivity index (χ4n) is 1.82. The van der Waals surface area contributed by atoms with Gasteiger partial charge in [0.1, 0.15) is 0 Å². The molecule has 0 bridgehead atoms. The highest BCUT2D eigenvalue weighted by Crippen LogP contribution is 2.14. The van der Waals surface area contributed by atoms with Crippen LogP contribution in [0.1, 0.15) is 43.9 Å². The van der Waals surface area contributed by atoms with Crippen molar-refractivity contribution in [2.45, 2.75) is 53.0 Å². The first-order chi connectivity index (χ1) is 7.40. The van der Waals surface area contributed by atoms with Crippen molar-refractivity contribution < 1.29 is 0 Å². The molecule has 0 aliphatic heterocycles. The monoisotopic (exact) mass is 219 g/mol. The maximum absolute atomic E-state index is 3.53. The van der Waals surface area contributed by atoms with Crippen LogP contribution < -0.4 is 5.32 Å². The van der Waals surface area contributed by atoms with Gasteiger partial charge in [0.2, 0.25) is 0 Å². The second-order valence-electron chi connectivity index (χ2n) is 5.64. The molecule has 1 N–H and O–H groups in total. The Balaban J connectivity index is 2.41. The topological polar surface area (TPSA) is 12.0 Å². The molecule has 0 saturated heterocycles. The molecular weight excluding hydrogens is 194 g/mol. The Morgan fingerprint density at radius 3 is 2.44 bits per heavy atom. The first-order valence-electron chi connectivity index (χ1n) is 6.20. The molecule has 1 aromatic carbocycles. The van der Waals surface area contributed by atoms with Gasteiger partial charge in [-0.2, -0.15) is 0 Å². The lowest BCUT2D eigenvalue weighted by atomic mass is 9.99. The molecule has 16 heavy (non-hydrogen) atoms. The average molecular weight is 219 g/mol. The zero-order valence-electron chi connectivity index (χ0n) is 11.4. The Morgan fingerprint density at radius 2 is 1.81 bits per heavy atom. The largest absolute Gasteiger partial charge is 0.312 e. The molecule has 0 spiro atoms. The SMILES string of the molecule is Cc1cccc(CCCNC(C)(C)C)c1C. The summed E-state index contributed by atoms with van der Waals surface area (Å²) in [6, 6.07) is 6.60. The van der Waals surface area contributed by atoms with Gasteiger partial charge in [0.05, 0.1) is 0 Å². The Hall–Kier alpha value is -0.820. The van der Waals surface area contributed by atoms with Gasteiger partial charge >= 0.3 is 0 Å². The van der Waals surface area contributed by atoms with E-state index < -0.39 is 0 Å². The second kappa shape index (κ2) is 5.49. The summed E-state index contributed by atoms with van der Waals surface area (Å²) in [5, 5.41) is 3.53. The summed E-state index contributed by atoms with van der Waals surface area (Å²) in [5.41, 5.74) is 4.59. The van der Waals surface area contributed by atoms with E-state index in [-0.39, 0.29) is 5.54 Å². The lowest BCUT2D eigenvalue weighted by Gasteiger charge is -2.20. The highest BCUT2D eigenvalue weighted by molar-refractivity contribution is 5.33. The summed E-state index contributed by atoms with van der Waals surface area (Å²) in [4.78, 5) is 0. The van der Waals surface area contributed by atoms with E-state index >= 15 is 0 Å². The molecule has 1 nitrogen and oxygen atoms in total. The molecular formula is C15H25N. The number of benzene rings is 1. The van der Waals surface area contributed by atoms with Crippen molar-refractivity contribution in [1.82, 2.24) is 5.32 Å². The third kappa shape index (κ3) is 4.36. The quantitative estimate of drug-likeness (QED) is 0.763. The highest BCUT2D eigenvalue weighted by atomic mass is 14.9. The number of hydrogen-bond acceptors (Lipinski definition) is 1. The van der Waals surface area contributed by atoms with Crippen molar-refractivity contribution in [3.63, 3.8) is 0 Å². The average Bonchev–Trinajstić information content (AvgIpc) is 2.17. The van der Waals surface area contributed by atoms with Crippen LogP contribution in [0.5, 0.6) is 0 Å². The van der Waals surface area contributed by atoms with Gasteiger partial charge in [-0.05, 0) is 70.7 Å². The number of rotatable bonds is 4. The summed E-state index contributed by atoms with van der Waals surface area (Å²) in [6.07, 6.45) is 2.39. The van der Waals surface area contributed by atoms with Gasteiger partial charge in [-0.3, -0.25) is 0 Å². The molecule has 0 unspecified atom stereocenters. The Kier molecular flexibility index (Phi) is 4.55. The van der Waals surface area contributed by atoms with Crippen molar-refractivity contribution in [3.8, 4) is 0 Å². The van der Waals surface area contributed by atoms with E-state index in [1.807, 2.05) is 0 Å². The molecule has 0 fully saturated rings. The van der Waals surface area contributed by atoms with Gasteiger partial charge in [0.15, 0.2) is 0 Å². The third-order valence-electron chi connectivity index (χ3n) is 3.00. The van der Waals surface area contributed by atoms with Crippen LogP contribution in [0.15, 0.2) is 18.2 Å². The van der Waals surface area contributed by atoms with E-state index in [0.29, 0.717) is 0 Å². The predicted molar refractivity (Wildman–Crippen MR) is 72.0 cm³/mol. The standard InChI is InChI=1S/C15H25N/c1-12-8-6-9-14(13(12)2)10-7-11-16-15(3,4)5/h6,8-9,16H,7,10-11H2,1-5H3. The first kappa shape index (κ1) is 13.2. The molecule has 1 rings (SSSR count). The molecule has 0 aliphatic carbocycles. The predicted octanol–water partition coefficient (Wildman–Crippen LogP) is 3.62. The normalized spacial score (nSPS) is 11.8. The summed E-state index contributed by atoms with van der Waals surface area (Å²) in [7, 11) is 0. The summed E-state index contributed by atoms with van der Waals surface area (Å²) in [5.74, 6) is 0. The Bertz CT molecular complexity index is 334. The van der Waals surface area contributed by atoms with Gasteiger partial charge in [0, 0.05) is 5.54 Å². The lowest BCUT2D eigenvalue weighted by molar-refractivity contribution is 0.422. The molecule has 0 aromatic heterocycles. The minimum absolute atomic E-state index is 0.238. The van der Waals surface area contributed by atoms with Gasteiger partial charge < -0.3 is 5.32 Å². The lowest BCUT2D eigenvalue weighted by Crippen LogP contribution is -2.36. The van der Waals surface area contributed by atoms with E-state index in [2.05, 4.69) is 58.1 Å². The molecule has 1 aromatic rings. The summed E-state index contributed by atoms with van der Waals surface area (Å²) in [6.45, 7) is 12.1. The van der Waals surface area contributed by atoms with Crippen LogP contribution in [0.2, 0.25) is 0 Å². The molecule has 90 valence electrons. The van der Waals surface area contributed by atoms with Crippen molar-refractivity contribution in [2.75, 3.05) is 6.54 Å². The Labute approximate surface area is 100 Å². The van der Waals surface area contributed by atoms with E-state index in [0.717, 1.165) is 6.54 Å². The van der Waals surface area contributed by atoms with Crippen molar-refractivity contribution in [1.29, 1.82) is 0 Å². The second-order valence-corrected chi connectivity index (χ2v) is 5.64. The first-order valence-corrected chi connectivity index (χ1v) is 6.20. The molecule has 0 aliphatic rings. The van der Waals surface area contributed by atoms with Gasteiger partial charge in [-0.25, -0.2) is 0 Å². The van der Waals surface area contributed by atoms with Crippen LogP contribution in [-0.4, -0.2) is 12.1 Å². The zero-order chi connectivity index (χ0) is 12.2. The van der Waals surface area contributed by atoms with Crippen LogP contribution in [0.25, 0.3) is 0 Å². The zero-order valence-corrected chi connectivity index (χ0v) is 11.4. The van der Waals surface area contributed by atoms with Crippen LogP contribution in [0.4, 0.5) is 0 Å². The van der Waals surface area contributed by atoms with Gasteiger partial charge in [0.25, 0.3) is 0 Å². The van der Waals surface area contributed by atoms with E-state index in [9.17, 15) is 0 Å². The summed E-state index contributed by atoms with van der Waals surface area (Å²) < 4.78 is 0. The molecule has 0 heterocycles. The molecule has 0 atom stereocenters. The third-order valence-corrected chi connectivity index (χ3v) is 3.00. The van der Waals surface area contributed by atoms with E-state index in [1.165, 1.54) is 29.5 Å². The molecule has 0 saturated carbocycles. The van der Waals surface area contributed by atoms with Crippen molar-refractivity contribution >= 4 is 0 Å². The fourth-order valence-corrected chi connectivity index (χ4v) is 1.82. The maximum atomic E-state index is 3.53. The minimum Gasteiger partial charge on any atom is -0.312 e. The van der Waals surface area contributed by atoms with E-state index in [4.69, 9.17) is 0 Å². The van der Waals surface area contributed by atoms with Crippen LogP contribution in [-0.2, 0) is 6.42 Å². The minimum atomic E-state index is 0.238. The van der Waals surface area contributed by atoms with Crippen molar-refractivity contribution in [3.05, 3.63) is 34.9 Å². The van der Waals surface area contributed by atoms with Gasteiger partial charge in [-0.15, -0.1) is 0 Å². The van der Waals surface area contributed by atoms with Crippen molar-refractivity contribution in [2.24, 2.45) is 0 Å². The smallest absolute Gasteiger partial charge is 0.00965 e. The number of aryl methyl sites for hydroxylation is 2. The molecule has 0 amide bonds. The number of nitrogens with one attached hydrogen (secondary N) is 1. The number of hydrogen-bond donors (Lipinski definition) is 1. The van der Waals surface area contributed by atoms with Crippen LogP contribution in [0, 0.1) is 13.8 Å². The fraction of sp³-hybridized carbons (Fsp3) is 0.600. The Morgan fingerprint density at radius 1 is 1.12 bits per heavy atom. The molecule has 0 radical (unpaired) electrons. The van der Waals surface area contributed by atoms with Gasteiger partial charge in [-0.1, -0.05) is 18.2 Å². The maximum Gasteiger partial charge on any atom is 0.00965 e. The highest BCUT2D eigenvalue weighted by Gasteiger charge is 2.07. The van der Waals surface area contributed by atoms with Crippen LogP contribution in [0.3, 0.4) is 0 Å². The molecule has 1 heteroatoms.